The number of halogens is 1. The number of hydrogen-bond donors (Lipinski definition) is 1. The van der Waals surface area contributed by atoms with E-state index in [1.807, 2.05) is 19.9 Å². The van der Waals surface area contributed by atoms with Crippen molar-refractivity contribution in [3.63, 3.8) is 0 Å². The van der Waals surface area contributed by atoms with Crippen LogP contribution in [0.3, 0.4) is 0 Å². The number of pyridine rings is 1. The van der Waals surface area contributed by atoms with Crippen molar-refractivity contribution in [1.29, 1.82) is 0 Å². The van der Waals surface area contributed by atoms with Gasteiger partial charge in [0.05, 0.1) is 23.3 Å². The van der Waals surface area contributed by atoms with Crippen molar-refractivity contribution in [3.8, 4) is 0 Å². The first-order chi connectivity index (χ1) is 9.90. The Balaban J connectivity index is 3.17. The van der Waals surface area contributed by atoms with Crippen molar-refractivity contribution in [2.75, 3.05) is 14.1 Å². The van der Waals surface area contributed by atoms with Crippen LogP contribution in [0.1, 0.15) is 23.7 Å². The Bertz CT molecular complexity index is 627. The van der Waals surface area contributed by atoms with Crippen molar-refractivity contribution < 1.29 is 4.39 Å². The van der Waals surface area contributed by atoms with Crippen LogP contribution in [0.5, 0.6) is 0 Å². The van der Waals surface area contributed by atoms with Gasteiger partial charge in [0.2, 0.25) is 0 Å². The monoisotopic (exact) mass is 288 g/mol. The fraction of sp³-hybridized carbons (Fsp3) is 0.312. The highest BCUT2D eigenvalue weighted by Crippen LogP contribution is 2.11. The molecule has 21 heavy (non-hydrogen) atoms. The SMILES string of the molecule is C=C(NC)/C(F)=C\N=C(C)C(=NC)c1cc(C)cnc1C. The number of aryl methyl sites for hydroxylation is 2. The highest BCUT2D eigenvalue weighted by Gasteiger charge is 2.11. The first kappa shape index (κ1) is 16.8. The van der Waals surface area contributed by atoms with Gasteiger partial charge in [-0.2, -0.15) is 0 Å². The van der Waals surface area contributed by atoms with Crippen molar-refractivity contribution in [1.82, 2.24) is 10.3 Å². The molecule has 4 nitrogen and oxygen atoms in total. The first-order valence-corrected chi connectivity index (χ1v) is 6.58. The molecule has 1 N–H and O–H groups in total. The van der Waals surface area contributed by atoms with E-state index in [1.165, 1.54) is 0 Å². The Morgan fingerprint density at radius 2 is 2.10 bits per heavy atom. The zero-order valence-corrected chi connectivity index (χ0v) is 13.2. The molecule has 1 aromatic rings. The number of rotatable bonds is 5. The molecule has 0 aliphatic rings. The van der Waals surface area contributed by atoms with Gasteiger partial charge in [-0.3, -0.25) is 15.0 Å². The second-order valence-electron chi connectivity index (χ2n) is 4.64. The Labute approximate surface area is 125 Å². The third kappa shape index (κ3) is 4.34. The lowest BCUT2D eigenvalue weighted by Crippen LogP contribution is -2.14. The van der Waals surface area contributed by atoms with Crippen molar-refractivity contribution in [2.24, 2.45) is 9.98 Å². The highest BCUT2D eigenvalue weighted by atomic mass is 19.1. The average molecular weight is 288 g/mol. The summed E-state index contributed by atoms with van der Waals surface area (Å²) >= 11 is 0. The van der Waals surface area contributed by atoms with E-state index < -0.39 is 5.83 Å². The number of likely N-dealkylation sites (N-methyl/N-ethyl adjacent to an activating group) is 1. The molecule has 1 aromatic heterocycles. The first-order valence-electron chi connectivity index (χ1n) is 6.58. The lowest BCUT2D eigenvalue weighted by atomic mass is 10.0. The van der Waals surface area contributed by atoms with E-state index in [1.54, 1.807) is 27.2 Å². The zero-order chi connectivity index (χ0) is 16.0. The van der Waals surface area contributed by atoms with Crippen LogP contribution in [0.25, 0.3) is 0 Å². The molecule has 0 aromatic carbocycles. The van der Waals surface area contributed by atoms with Crippen LogP contribution < -0.4 is 5.32 Å². The summed E-state index contributed by atoms with van der Waals surface area (Å²) in [6.07, 6.45) is 2.94. The molecule has 0 radical (unpaired) electrons. The van der Waals surface area contributed by atoms with Crippen molar-refractivity contribution in [3.05, 3.63) is 53.4 Å². The normalized spacial score (nSPS) is 13.3. The summed E-state index contributed by atoms with van der Waals surface area (Å²) < 4.78 is 13.6. The fourth-order valence-electron chi connectivity index (χ4n) is 1.77. The Morgan fingerprint density at radius 1 is 1.43 bits per heavy atom. The number of hydrogen-bond acceptors (Lipinski definition) is 4. The number of allylic oxidation sites excluding steroid dienone is 1. The molecule has 1 heterocycles. The smallest absolute Gasteiger partial charge is 0.163 e. The van der Waals surface area contributed by atoms with Gasteiger partial charge in [0.15, 0.2) is 5.83 Å². The molecule has 0 aliphatic heterocycles. The predicted molar refractivity (Wildman–Crippen MR) is 86.7 cm³/mol. The van der Waals surface area contributed by atoms with E-state index >= 15 is 0 Å². The van der Waals surface area contributed by atoms with Crippen LogP contribution in [-0.4, -0.2) is 30.5 Å². The lowest BCUT2D eigenvalue weighted by Gasteiger charge is -2.09. The van der Waals surface area contributed by atoms with E-state index in [0.717, 1.165) is 23.0 Å². The summed E-state index contributed by atoms with van der Waals surface area (Å²) in [6.45, 7) is 9.20. The summed E-state index contributed by atoms with van der Waals surface area (Å²) in [5, 5.41) is 2.63. The Morgan fingerprint density at radius 3 is 2.67 bits per heavy atom. The van der Waals surface area contributed by atoms with Gasteiger partial charge in [-0.05, 0) is 32.4 Å². The summed E-state index contributed by atoms with van der Waals surface area (Å²) in [5.41, 5.74) is 4.31. The third-order valence-corrected chi connectivity index (χ3v) is 3.01. The number of aromatic nitrogens is 1. The maximum absolute atomic E-state index is 13.6. The molecule has 0 atom stereocenters. The Hall–Kier alpha value is -2.30. The average Bonchev–Trinajstić information content (AvgIpc) is 2.48. The number of nitrogens with zero attached hydrogens (tertiary/aromatic N) is 3. The predicted octanol–water partition coefficient (Wildman–Crippen LogP) is 3.12. The van der Waals surface area contributed by atoms with Gasteiger partial charge in [-0.25, -0.2) is 4.39 Å². The quantitative estimate of drug-likeness (QED) is 0.668. The van der Waals surface area contributed by atoms with Gasteiger partial charge >= 0.3 is 0 Å². The van der Waals surface area contributed by atoms with E-state index in [2.05, 4.69) is 26.9 Å². The minimum absolute atomic E-state index is 0.190. The highest BCUT2D eigenvalue weighted by molar-refractivity contribution is 6.48. The molecule has 0 spiro atoms. The van der Waals surface area contributed by atoms with Gasteiger partial charge in [0.25, 0.3) is 0 Å². The molecule has 0 bridgehead atoms. The topological polar surface area (TPSA) is 49.6 Å². The fourth-order valence-corrected chi connectivity index (χ4v) is 1.77. The molecule has 0 fully saturated rings. The van der Waals surface area contributed by atoms with Crippen LogP contribution >= 0.6 is 0 Å². The van der Waals surface area contributed by atoms with E-state index in [4.69, 9.17) is 0 Å². The molecule has 0 amide bonds. The van der Waals surface area contributed by atoms with E-state index in [-0.39, 0.29) is 5.70 Å². The largest absolute Gasteiger partial charge is 0.386 e. The van der Waals surface area contributed by atoms with Gasteiger partial charge in [0, 0.05) is 31.5 Å². The van der Waals surface area contributed by atoms with Gasteiger partial charge < -0.3 is 5.32 Å². The standard InChI is InChI=1S/C16H21FN4/c1-10-7-14(11(2)20-8-10)16(19-6)13(4)21-9-15(17)12(3)18-5/h7-9,18H,3H2,1-2,4-6H3/b15-9+,19-16?,21-13?. The maximum Gasteiger partial charge on any atom is 0.163 e. The van der Waals surface area contributed by atoms with Gasteiger partial charge in [0.1, 0.15) is 0 Å². The van der Waals surface area contributed by atoms with Crippen molar-refractivity contribution in [2.45, 2.75) is 20.8 Å². The van der Waals surface area contributed by atoms with Crippen LogP contribution in [0, 0.1) is 13.8 Å². The second-order valence-corrected chi connectivity index (χ2v) is 4.64. The third-order valence-electron chi connectivity index (χ3n) is 3.01. The van der Waals surface area contributed by atoms with Gasteiger partial charge in [-0.15, -0.1) is 0 Å². The maximum atomic E-state index is 13.6. The molecule has 1 rings (SSSR count). The molecular formula is C16H21FN4. The summed E-state index contributed by atoms with van der Waals surface area (Å²) in [6, 6.07) is 2.00. The molecule has 5 heteroatoms. The molecule has 0 aliphatic carbocycles. The minimum Gasteiger partial charge on any atom is -0.386 e. The molecular weight excluding hydrogens is 267 g/mol. The lowest BCUT2D eigenvalue weighted by molar-refractivity contribution is 0.632. The summed E-state index contributed by atoms with van der Waals surface area (Å²) in [4.78, 5) is 12.7. The van der Waals surface area contributed by atoms with Crippen molar-refractivity contribution >= 4 is 11.4 Å². The molecule has 0 saturated heterocycles. The van der Waals surface area contributed by atoms with Crippen LogP contribution in [0.4, 0.5) is 4.39 Å². The number of aliphatic imine (C=N–C) groups is 2. The number of nitrogens with one attached hydrogen (secondary N) is 1. The van der Waals surface area contributed by atoms with E-state index in [0.29, 0.717) is 11.4 Å². The van der Waals surface area contributed by atoms with E-state index in [9.17, 15) is 4.39 Å². The molecule has 0 unspecified atom stereocenters. The molecule has 0 saturated carbocycles. The van der Waals surface area contributed by atoms with Gasteiger partial charge in [-0.1, -0.05) is 6.58 Å². The molecule has 112 valence electrons. The second kappa shape index (κ2) is 7.47. The van der Waals surface area contributed by atoms with Crippen LogP contribution in [0.15, 0.2) is 46.6 Å². The summed E-state index contributed by atoms with van der Waals surface area (Å²) in [5.74, 6) is -0.508. The van der Waals surface area contributed by atoms with Crippen LogP contribution in [0.2, 0.25) is 0 Å². The summed E-state index contributed by atoms with van der Waals surface area (Å²) in [7, 11) is 3.29. The van der Waals surface area contributed by atoms with Crippen LogP contribution in [-0.2, 0) is 0 Å². The zero-order valence-electron chi connectivity index (χ0n) is 13.2. The Kier molecular flexibility index (Phi) is 5.96. The minimum atomic E-state index is -0.508.